The van der Waals surface area contributed by atoms with Gasteiger partial charge in [-0.05, 0) is 38.0 Å². The molecule has 1 saturated heterocycles. The van der Waals surface area contributed by atoms with Gasteiger partial charge in [0, 0.05) is 19.3 Å². The van der Waals surface area contributed by atoms with Crippen LogP contribution in [0, 0.1) is 28.4 Å². The number of fused-ring (bicyclic) bond motifs is 1. The molecule has 0 bridgehead atoms. The molecule has 1 fully saturated rings. The van der Waals surface area contributed by atoms with Crippen LogP contribution in [0.4, 0.5) is 11.4 Å². The number of nitriles is 1. The number of hydrogen-bond acceptors (Lipinski definition) is 9. The van der Waals surface area contributed by atoms with Crippen molar-refractivity contribution in [1.82, 2.24) is 14.0 Å². The number of hydrazine groups is 1. The summed E-state index contributed by atoms with van der Waals surface area (Å²) in [5.41, 5.74) is 2.72. The standard InChI is InChI=1S/C21H22N6O5S/c1-15-2-4-16(5-3-15)33(31,32)26-11-6-17-19(18(27(29)30)14-23-20(17)26)24-25-12-8-21(28,7-10-22)9-13-25/h2-6,11,14,28H,7-9,12-13H2,1H3,(H,23,24). The maximum atomic E-state index is 13.2. The normalized spacial score (nSPS) is 16.4. The maximum absolute atomic E-state index is 13.2. The van der Waals surface area contributed by atoms with Crippen LogP contribution in [-0.2, 0) is 10.0 Å². The molecule has 0 unspecified atom stereocenters. The second kappa shape index (κ2) is 8.43. The Morgan fingerprint density at radius 3 is 2.55 bits per heavy atom. The fraction of sp³-hybridized carbons (Fsp3) is 0.333. The summed E-state index contributed by atoms with van der Waals surface area (Å²) >= 11 is 0. The number of rotatable bonds is 6. The Balaban J connectivity index is 1.72. The van der Waals surface area contributed by atoms with Crippen LogP contribution in [-0.4, -0.2) is 51.1 Å². The van der Waals surface area contributed by atoms with Gasteiger partial charge in [0.2, 0.25) is 0 Å². The summed E-state index contributed by atoms with van der Waals surface area (Å²) < 4.78 is 27.4. The number of nitrogens with one attached hydrogen (secondary N) is 1. The van der Waals surface area contributed by atoms with Gasteiger partial charge in [-0.15, -0.1) is 0 Å². The number of nitro groups is 1. The zero-order valence-corrected chi connectivity index (χ0v) is 18.6. The van der Waals surface area contributed by atoms with Crippen molar-refractivity contribution in [3.05, 3.63) is 58.4 Å². The van der Waals surface area contributed by atoms with E-state index < -0.39 is 20.5 Å². The third kappa shape index (κ3) is 4.25. The number of nitrogens with zero attached hydrogens (tertiary/aromatic N) is 5. The van der Waals surface area contributed by atoms with E-state index in [1.807, 2.05) is 13.0 Å². The van der Waals surface area contributed by atoms with Crippen LogP contribution in [0.3, 0.4) is 0 Å². The van der Waals surface area contributed by atoms with Crippen molar-refractivity contribution in [2.45, 2.75) is 36.7 Å². The second-order valence-electron chi connectivity index (χ2n) is 8.10. The number of aryl methyl sites for hydroxylation is 1. The van der Waals surface area contributed by atoms with E-state index in [0.29, 0.717) is 25.9 Å². The van der Waals surface area contributed by atoms with E-state index in [1.165, 1.54) is 24.4 Å². The summed E-state index contributed by atoms with van der Waals surface area (Å²) in [4.78, 5) is 15.2. The van der Waals surface area contributed by atoms with Gasteiger partial charge in [-0.1, -0.05) is 17.7 Å². The molecule has 0 amide bonds. The quantitative estimate of drug-likeness (QED) is 0.408. The zero-order chi connectivity index (χ0) is 23.8. The van der Waals surface area contributed by atoms with Crippen LogP contribution >= 0.6 is 0 Å². The van der Waals surface area contributed by atoms with E-state index in [-0.39, 0.29) is 33.7 Å². The van der Waals surface area contributed by atoms with Crippen molar-refractivity contribution in [1.29, 1.82) is 5.26 Å². The lowest BCUT2D eigenvalue weighted by Crippen LogP contribution is -2.46. The number of benzene rings is 1. The highest BCUT2D eigenvalue weighted by Crippen LogP contribution is 2.35. The molecular weight excluding hydrogens is 448 g/mol. The Morgan fingerprint density at radius 2 is 1.94 bits per heavy atom. The molecule has 0 saturated carbocycles. The van der Waals surface area contributed by atoms with E-state index in [2.05, 4.69) is 10.4 Å². The number of anilines is 1. The molecule has 1 aliphatic rings. The van der Waals surface area contributed by atoms with Crippen molar-refractivity contribution in [2.75, 3.05) is 18.5 Å². The summed E-state index contributed by atoms with van der Waals surface area (Å²) in [6, 6.07) is 9.82. The lowest BCUT2D eigenvalue weighted by atomic mass is 9.89. The van der Waals surface area contributed by atoms with Crippen LogP contribution in [0.1, 0.15) is 24.8 Å². The van der Waals surface area contributed by atoms with Gasteiger partial charge < -0.3 is 10.5 Å². The molecule has 0 aliphatic carbocycles. The summed E-state index contributed by atoms with van der Waals surface area (Å²) in [5, 5.41) is 33.0. The first-order valence-electron chi connectivity index (χ1n) is 10.2. The maximum Gasteiger partial charge on any atom is 0.312 e. The summed E-state index contributed by atoms with van der Waals surface area (Å²) in [6.45, 7) is 2.55. The third-order valence-electron chi connectivity index (χ3n) is 5.81. The number of hydrogen-bond donors (Lipinski definition) is 2. The first-order chi connectivity index (χ1) is 15.6. The van der Waals surface area contributed by atoms with Gasteiger partial charge in [0.25, 0.3) is 10.0 Å². The predicted octanol–water partition coefficient (Wildman–Crippen LogP) is 2.56. The third-order valence-corrected chi connectivity index (χ3v) is 7.49. The van der Waals surface area contributed by atoms with Gasteiger partial charge in [-0.25, -0.2) is 22.4 Å². The molecule has 172 valence electrons. The molecular formula is C21H22N6O5S. The number of aliphatic hydroxyl groups is 1. The van der Waals surface area contributed by atoms with Crippen molar-refractivity contribution in [3.63, 3.8) is 0 Å². The fourth-order valence-electron chi connectivity index (χ4n) is 3.84. The minimum absolute atomic E-state index is 0.0141. The summed E-state index contributed by atoms with van der Waals surface area (Å²) in [5.74, 6) is 0. The van der Waals surface area contributed by atoms with Gasteiger partial charge in [0.05, 0.1) is 33.3 Å². The molecule has 3 aromatic rings. The highest BCUT2D eigenvalue weighted by atomic mass is 32.2. The molecule has 0 atom stereocenters. The Kier molecular flexibility index (Phi) is 5.79. The van der Waals surface area contributed by atoms with E-state index >= 15 is 0 Å². The topological polar surface area (TPSA) is 154 Å². The van der Waals surface area contributed by atoms with Crippen molar-refractivity contribution >= 4 is 32.4 Å². The molecule has 0 radical (unpaired) electrons. The average Bonchev–Trinajstić information content (AvgIpc) is 3.21. The van der Waals surface area contributed by atoms with Gasteiger partial charge in [0.1, 0.15) is 11.9 Å². The molecule has 3 heterocycles. The van der Waals surface area contributed by atoms with E-state index in [4.69, 9.17) is 5.26 Å². The molecule has 4 rings (SSSR count). The largest absolute Gasteiger partial charge is 0.389 e. The predicted molar refractivity (Wildman–Crippen MR) is 120 cm³/mol. The van der Waals surface area contributed by atoms with Crippen molar-refractivity contribution < 1.29 is 18.4 Å². The molecule has 12 heteroatoms. The number of aromatic nitrogens is 2. The van der Waals surface area contributed by atoms with Crippen LogP contribution < -0.4 is 5.43 Å². The van der Waals surface area contributed by atoms with E-state index in [0.717, 1.165) is 15.7 Å². The van der Waals surface area contributed by atoms with Gasteiger partial charge in [-0.3, -0.25) is 10.1 Å². The Bertz CT molecular complexity index is 1350. The zero-order valence-electron chi connectivity index (χ0n) is 17.8. The molecule has 2 N–H and O–H groups in total. The van der Waals surface area contributed by atoms with Crippen LogP contribution in [0.5, 0.6) is 0 Å². The Hall–Kier alpha value is -3.53. The monoisotopic (exact) mass is 470 g/mol. The van der Waals surface area contributed by atoms with Gasteiger partial charge in [-0.2, -0.15) is 5.26 Å². The lowest BCUT2D eigenvalue weighted by Gasteiger charge is -2.37. The molecule has 0 spiro atoms. The van der Waals surface area contributed by atoms with Crippen molar-refractivity contribution in [2.24, 2.45) is 0 Å². The van der Waals surface area contributed by atoms with Crippen molar-refractivity contribution in [3.8, 4) is 6.07 Å². The summed E-state index contributed by atoms with van der Waals surface area (Å²) in [6.07, 6.45) is 3.00. The molecule has 2 aromatic heterocycles. The lowest BCUT2D eigenvalue weighted by molar-refractivity contribution is -0.384. The highest BCUT2D eigenvalue weighted by molar-refractivity contribution is 7.90. The SMILES string of the molecule is Cc1ccc(S(=O)(=O)n2ccc3c(NN4CCC(O)(CC#N)CC4)c([N+](=O)[O-])cnc32)cc1. The molecule has 1 aromatic carbocycles. The first-order valence-corrected chi connectivity index (χ1v) is 11.7. The minimum atomic E-state index is -3.96. The average molecular weight is 471 g/mol. The minimum Gasteiger partial charge on any atom is -0.389 e. The molecule has 1 aliphatic heterocycles. The summed E-state index contributed by atoms with van der Waals surface area (Å²) in [7, 11) is -3.96. The molecule has 11 nitrogen and oxygen atoms in total. The Labute approximate surface area is 190 Å². The number of pyridine rings is 1. The second-order valence-corrected chi connectivity index (χ2v) is 9.92. The van der Waals surface area contributed by atoms with Gasteiger partial charge >= 0.3 is 5.69 Å². The van der Waals surface area contributed by atoms with Crippen LogP contribution in [0.2, 0.25) is 0 Å². The Morgan fingerprint density at radius 1 is 1.27 bits per heavy atom. The van der Waals surface area contributed by atoms with Crippen LogP contribution in [0.25, 0.3) is 11.0 Å². The fourth-order valence-corrected chi connectivity index (χ4v) is 5.14. The van der Waals surface area contributed by atoms with Crippen LogP contribution in [0.15, 0.2) is 47.6 Å². The smallest absolute Gasteiger partial charge is 0.312 e. The first kappa shape index (κ1) is 22.7. The number of piperidine rings is 1. The highest BCUT2D eigenvalue weighted by Gasteiger charge is 2.33. The van der Waals surface area contributed by atoms with E-state index in [9.17, 15) is 23.6 Å². The van der Waals surface area contributed by atoms with E-state index in [1.54, 1.807) is 17.1 Å². The molecule has 33 heavy (non-hydrogen) atoms. The van der Waals surface area contributed by atoms with Gasteiger partial charge in [0.15, 0.2) is 5.65 Å².